The summed E-state index contributed by atoms with van der Waals surface area (Å²) < 4.78 is 0. The molecule has 1 heterocycles. The third-order valence-electron chi connectivity index (χ3n) is 3.30. The van der Waals surface area contributed by atoms with Crippen molar-refractivity contribution in [1.29, 1.82) is 0 Å². The van der Waals surface area contributed by atoms with Crippen LogP contribution in [0.1, 0.15) is 31.2 Å². The van der Waals surface area contributed by atoms with E-state index < -0.39 is 0 Å². The van der Waals surface area contributed by atoms with E-state index in [2.05, 4.69) is 22.1 Å². The number of hydrogen-bond donors (Lipinski definition) is 2. The van der Waals surface area contributed by atoms with Crippen molar-refractivity contribution in [2.45, 2.75) is 38.3 Å². The summed E-state index contributed by atoms with van der Waals surface area (Å²) in [5.74, 6) is -0.0181. The van der Waals surface area contributed by atoms with Crippen LogP contribution in [0.2, 0.25) is 0 Å². The largest absolute Gasteiger partial charge is 0.369 e. The Kier molecular flexibility index (Phi) is 3.96. The summed E-state index contributed by atoms with van der Waals surface area (Å²) in [4.78, 5) is 11.0. The van der Waals surface area contributed by atoms with Gasteiger partial charge in [-0.05, 0) is 48.1 Å². The van der Waals surface area contributed by atoms with E-state index in [1.165, 1.54) is 5.56 Å². The Morgan fingerprint density at radius 2 is 2.19 bits per heavy atom. The van der Waals surface area contributed by atoms with Crippen molar-refractivity contribution in [1.82, 2.24) is 5.32 Å². The minimum Gasteiger partial charge on any atom is -0.369 e. The van der Waals surface area contributed by atoms with Gasteiger partial charge in [0.25, 0.3) is 0 Å². The van der Waals surface area contributed by atoms with Crippen LogP contribution in [-0.4, -0.2) is 11.9 Å². The van der Waals surface area contributed by atoms with Crippen molar-refractivity contribution >= 4 is 17.2 Å². The second-order valence-electron chi connectivity index (χ2n) is 4.46. The molecule has 0 aromatic carbocycles. The Morgan fingerprint density at radius 3 is 2.75 bits per heavy atom. The summed E-state index contributed by atoms with van der Waals surface area (Å²) in [6.45, 7) is 0.940. The minimum absolute atomic E-state index is 0.110. The van der Waals surface area contributed by atoms with Gasteiger partial charge in [0.05, 0.1) is 0 Å². The third-order valence-corrected chi connectivity index (χ3v) is 4.04. The first kappa shape index (κ1) is 11.6. The quantitative estimate of drug-likeness (QED) is 0.841. The Balaban J connectivity index is 1.71. The summed E-state index contributed by atoms with van der Waals surface area (Å²) >= 11 is 1.73. The van der Waals surface area contributed by atoms with E-state index in [4.69, 9.17) is 5.73 Å². The molecule has 88 valence electrons. The smallest absolute Gasteiger partial charge is 0.220 e. The van der Waals surface area contributed by atoms with Crippen LogP contribution in [0.5, 0.6) is 0 Å². The standard InChI is InChI=1S/C12H18N2OS/c13-12(15)10-1-3-11(4-2-10)14-7-9-5-6-16-8-9/h5-6,8,10-11,14H,1-4,7H2,(H2,13,15). The monoisotopic (exact) mass is 238 g/mol. The molecule has 1 saturated carbocycles. The predicted molar refractivity (Wildman–Crippen MR) is 66.1 cm³/mol. The zero-order chi connectivity index (χ0) is 11.4. The van der Waals surface area contributed by atoms with Gasteiger partial charge in [0.15, 0.2) is 0 Å². The van der Waals surface area contributed by atoms with Gasteiger partial charge in [0.2, 0.25) is 5.91 Å². The van der Waals surface area contributed by atoms with Crippen molar-refractivity contribution in [3.05, 3.63) is 22.4 Å². The molecule has 16 heavy (non-hydrogen) atoms. The first-order chi connectivity index (χ1) is 7.75. The van der Waals surface area contributed by atoms with Gasteiger partial charge in [-0.25, -0.2) is 0 Å². The topological polar surface area (TPSA) is 55.1 Å². The summed E-state index contributed by atoms with van der Waals surface area (Å²) in [5, 5.41) is 7.80. The molecule has 0 aliphatic heterocycles. The van der Waals surface area contributed by atoms with Crippen LogP contribution in [-0.2, 0) is 11.3 Å². The molecule has 1 aliphatic rings. The van der Waals surface area contributed by atoms with E-state index in [0.29, 0.717) is 6.04 Å². The second-order valence-corrected chi connectivity index (χ2v) is 5.24. The molecule has 4 heteroatoms. The van der Waals surface area contributed by atoms with Gasteiger partial charge >= 0.3 is 0 Å². The Labute approximate surface area is 100 Å². The maximum atomic E-state index is 11.0. The van der Waals surface area contributed by atoms with Crippen molar-refractivity contribution in [3.8, 4) is 0 Å². The van der Waals surface area contributed by atoms with E-state index in [1.54, 1.807) is 11.3 Å². The van der Waals surface area contributed by atoms with Gasteiger partial charge in [-0.2, -0.15) is 11.3 Å². The van der Waals surface area contributed by atoms with E-state index in [0.717, 1.165) is 32.2 Å². The summed E-state index contributed by atoms with van der Waals surface area (Å²) in [6, 6.07) is 2.70. The molecule has 1 aromatic rings. The fourth-order valence-corrected chi connectivity index (χ4v) is 2.91. The number of nitrogens with one attached hydrogen (secondary N) is 1. The predicted octanol–water partition coefficient (Wildman–Crippen LogP) is 1.88. The highest BCUT2D eigenvalue weighted by Gasteiger charge is 2.24. The normalized spacial score (nSPS) is 25.5. The molecule has 1 fully saturated rings. The molecule has 0 radical (unpaired) electrons. The molecule has 1 aromatic heterocycles. The number of rotatable bonds is 4. The lowest BCUT2D eigenvalue weighted by Crippen LogP contribution is -2.36. The SMILES string of the molecule is NC(=O)C1CCC(NCc2ccsc2)CC1. The third kappa shape index (κ3) is 3.06. The number of hydrogen-bond acceptors (Lipinski definition) is 3. The fraction of sp³-hybridized carbons (Fsp3) is 0.583. The van der Waals surface area contributed by atoms with Crippen LogP contribution in [0.25, 0.3) is 0 Å². The average molecular weight is 238 g/mol. The molecule has 1 aliphatic carbocycles. The zero-order valence-electron chi connectivity index (χ0n) is 9.32. The molecular weight excluding hydrogens is 220 g/mol. The first-order valence-corrected chi connectivity index (χ1v) is 6.74. The number of thiophene rings is 1. The maximum Gasteiger partial charge on any atom is 0.220 e. The van der Waals surface area contributed by atoms with E-state index in [1.807, 2.05) is 0 Å². The van der Waals surface area contributed by atoms with Crippen molar-refractivity contribution in [2.75, 3.05) is 0 Å². The zero-order valence-corrected chi connectivity index (χ0v) is 10.1. The van der Waals surface area contributed by atoms with Crippen molar-refractivity contribution < 1.29 is 4.79 Å². The maximum absolute atomic E-state index is 11.0. The molecule has 0 saturated heterocycles. The molecule has 0 bridgehead atoms. The lowest BCUT2D eigenvalue weighted by atomic mass is 9.85. The Morgan fingerprint density at radius 1 is 1.44 bits per heavy atom. The van der Waals surface area contributed by atoms with Crippen molar-refractivity contribution in [2.24, 2.45) is 11.7 Å². The highest BCUT2D eigenvalue weighted by atomic mass is 32.1. The van der Waals surface area contributed by atoms with Crippen LogP contribution in [0, 0.1) is 5.92 Å². The highest BCUT2D eigenvalue weighted by Crippen LogP contribution is 2.24. The molecule has 0 spiro atoms. The van der Waals surface area contributed by atoms with Crippen LogP contribution >= 0.6 is 11.3 Å². The summed E-state index contributed by atoms with van der Waals surface area (Å²) in [7, 11) is 0. The van der Waals surface area contributed by atoms with Crippen molar-refractivity contribution in [3.63, 3.8) is 0 Å². The molecule has 3 nitrogen and oxygen atoms in total. The van der Waals surface area contributed by atoms with Gasteiger partial charge in [0.1, 0.15) is 0 Å². The number of nitrogens with two attached hydrogens (primary N) is 1. The molecule has 3 N–H and O–H groups in total. The lowest BCUT2D eigenvalue weighted by molar-refractivity contribution is -0.122. The number of carbonyl (C=O) groups excluding carboxylic acids is 1. The van der Waals surface area contributed by atoms with Crippen LogP contribution < -0.4 is 11.1 Å². The second kappa shape index (κ2) is 5.46. The van der Waals surface area contributed by atoms with Crippen LogP contribution in [0.15, 0.2) is 16.8 Å². The Hall–Kier alpha value is -0.870. The van der Waals surface area contributed by atoms with Crippen LogP contribution in [0.4, 0.5) is 0 Å². The molecule has 0 unspecified atom stereocenters. The number of amides is 1. The molecular formula is C12H18N2OS. The van der Waals surface area contributed by atoms with Gasteiger partial charge in [0, 0.05) is 18.5 Å². The van der Waals surface area contributed by atoms with E-state index in [-0.39, 0.29) is 11.8 Å². The Bertz CT molecular complexity index is 329. The first-order valence-electron chi connectivity index (χ1n) is 5.79. The molecule has 2 rings (SSSR count). The highest BCUT2D eigenvalue weighted by molar-refractivity contribution is 7.07. The van der Waals surface area contributed by atoms with Gasteiger partial charge in [-0.15, -0.1) is 0 Å². The van der Waals surface area contributed by atoms with Gasteiger partial charge in [-0.3, -0.25) is 4.79 Å². The summed E-state index contributed by atoms with van der Waals surface area (Å²) in [6.07, 6.45) is 4.02. The average Bonchev–Trinajstić information content (AvgIpc) is 2.80. The number of carbonyl (C=O) groups is 1. The van der Waals surface area contributed by atoms with Gasteiger partial charge in [-0.1, -0.05) is 0 Å². The summed E-state index contributed by atoms with van der Waals surface area (Å²) in [5.41, 5.74) is 6.65. The number of primary amides is 1. The van der Waals surface area contributed by atoms with Gasteiger partial charge < -0.3 is 11.1 Å². The van der Waals surface area contributed by atoms with E-state index >= 15 is 0 Å². The fourth-order valence-electron chi connectivity index (χ4n) is 2.24. The molecule has 0 atom stereocenters. The van der Waals surface area contributed by atoms with Crippen LogP contribution in [0.3, 0.4) is 0 Å². The lowest BCUT2D eigenvalue weighted by Gasteiger charge is -2.27. The minimum atomic E-state index is -0.128. The van der Waals surface area contributed by atoms with E-state index in [9.17, 15) is 4.79 Å². The molecule has 1 amide bonds.